The van der Waals surface area contributed by atoms with Gasteiger partial charge >= 0.3 is 5.69 Å². The molecule has 0 aliphatic carbocycles. The van der Waals surface area contributed by atoms with Gasteiger partial charge in [-0.25, -0.2) is 13.2 Å². The zero-order chi connectivity index (χ0) is 16.0. The number of nitrogens with one attached hydrogen (secondary N) is 1. The van der Waals surface area contributed by atoms with Gasteiger partial charge < -0.3 is 14.9 Å². The zero-order valence-corrected chi connectivity index (χ0v) is 13.2. The van der Waals surface area contributed by atoms with Gasteiger partial charge in [-0.1, -0.05) is 15.9 Å². The van der Waals surface area contributed by atoms with Crippen LogP contribution in [0.25, 0.3) is 0 Å². The third kappa shape index (κ3) is 2.48. The van der Waals surface area contributed by atoms with Gasteiger partial charge in [-0.15, -0.1) is 0 Å². The molecule has 1 saturated heterocycles. The minimum atomic E-state index is -4.04. The van der Waals surface area contributed by atoms with Crippen molar-refractivity contribution in [1.29, 1.82) is 0 Å². The average molecular weight is 385 g/mol. The highest BCUT2D eigenvalue weighted by molar-refractivity contribution is 9.09. The molecule has 2 rings (SSSR count). The van der Waals surface area contributed by atoms with Crippen molar-refractivity contribution in [1.82, 2.24) is 9.55 Å². The number of ether oxygens (including phenoxy) is 1. The summed E-state index contributed by atoms with van der Waals surface area (Å²) in [6.45, 7) is -0.764. The van der Waals surface area contributed by atoms with Crippen LogP contribution in [0.1, 0.15) is 6.23 Å². The summed E-state index contributed by atoms with van der Waals surface area (Å²) in [6.07, 6.45) is -0.750. The average Bonchev–Trinajstić information content (AvgIpc) is 2.63. The lowest BCUT2D eigenvalue weighted by Crippen LogP contribution is -2.53. The number of halogens is 1. The van der Waals surface area contributed by atoms with E-state index >= 15 is 0 Å². The number of aliphatic hydroxyl groups is 2. The van der Waals surface area contributed by atoms with E-state index in [9.17, 15) is 28.2 Å². The van der Waals surface area contributed by atoms with E-state index in [0.29, 0.717) is 0 Å². The molecule has 0 radical (unpaired) electrons. The third-order valence-electron chi connectivity index (χ3n) is 3.30. The minimum Gasteiger partial charge on any atom is -0.394 e. The van der Waals surface area contributed by atoms with Crippen molar-refractivity contribution in [3.63, 3.8) is 0 Å². The molecule has 0 bridgehead atoms. The van der Waals surface area contributed by atoms with Crippen LogP contribution in [0, 0.1) is 0 Å². The Kier molecular flexibility index (Phi) is 4.14. The summed E-state index contributed by atoms with van der Waals surface area (Å²) in [5.41, 5.74) is -1.45. The van der Waals surface area contributed by atoms with Gasteiger partial charge in [-0.2, -0.15) is 0 Å². The summed E-state index contributed by atoms with van der Waals surface area (Å²) in [5.74, 6) is 0. The van der Waals surface area contributed by atoms with Gasteiger partial charge in [0.25, 0.3) is 5.56 Å². The third-order valence-corrected chi connectivity index (χ3v) is 6.45. The largest absolute Gasteiger partial charge is 0.394 e. The number of aromatic amines is 1. The SMILES string of the molecule is CS(=O)(=O)[C@]1(O)C(Br)[C@H](n2ccc(=O)[nH]c2=O)O[C@@H]1CO. The molecule has 0 amide bonds. The zero-order valence-electron chi connectivity index (χ0n) is 10.8. The number of hydrogen-bond acceptors (Lipinski definition) is 7. The van der Waals surface area contributed by atoms with Crippen molar-refractivity contribution in [2.24, 2.45) is 0 Å². The first-order chi connectivity index (χ1) is 9.62. The highest BCUT2D eigenvalue weighted by Crippen LogP contribution is 2.44. The second-order valence-corrected chi connectivity index (χ2v) is 7.83. The van der Waals surface area contributed by atoms with E-state index in [1.165, 1.54) is 0 Å². The molecule has 1 aromatic rings. The Balaban J connectivity index is 2.55. The molecule has 1 unspecified atom stereocenters. The van der Waals surface area contributed by atoms with Crippen LogP contribution in [0.4, 0.5) is 0 Å². The van der Waals surface area contributed by atoms with Crippen molar-refractivity contribution in [2.45, 2.75) is 22.1 Å². The van der Waals surface area contributed by atoms with Crippen molar-refractivity contribution >= 4 is 25.8 Å². The smallest absolute Gasteiger partial charge is 0.330 e. The Hall–Kier alpha value is -1.01. The van der Waals surface area contributed by atoms with Crippen molar-refractivity contribution in [3.8, 4) is 0 Å². The van der Waals surface area contributed by atoms with Gasteiger partial charge in [0, 0.05) is 18.5 Å². The Bertz CT molecular complexity index is 757. The predicted molar refractivity (Wildman–Crippen MR) is 74.8 cm³/mol. The maximum Gasteiger partial charge on any atom is 0.330 e. The van der Waals surface area contributed by atoms with Crippen LogP contribution in [0.5, 0.6) is 0 Å². The monoisotopic (exact) mass is 384 g/mol. The molecule has 118 valence electrons. The van der Waals surface area contributed by atoms with E-state index in [-0.39, 0.29) is 0 Å². The first-order valence-electron chi connectivity index (χ1n) is 5.76. The molecule has 0 spiro atoms. The molecule has 0 saturated carbocycles. The first kappa shape index (κ1) is 16.4. The fourth-order valence-electron chi connectivity index (χ4n) is 2.17. The molecule has 1 aromatic heterocycles. The van der Waals surface area contributed by atoms with E-state index in [2.05, 4.69) is 15.9 Å². The fraction of sp³-hybridized carbons (Fsp3) is 0.600. The summed E-state index contributed by atoms with van der Waals surface area (Å²) in [4.78, 5) is 21.1. The van der Waals surface area contributed by atoms with E-state index < -0.39 is 49.8 Å². The second kappa shape index (κ2) is 5.32. The molecule has 1 aliphatic rings. The van der Waals surface area contributed by atoms with Crippen molar-refractivity contribution < 1.29 is 23.4 Å². The number of aliphatic hydroxyl groups excluding tert-OH is 1. The lowest BCUT2D eigenvalue weighted by Gasteiger charge is -2.27. The maximum absolute atomic E-state index is 11.8. The Morgan fingerprint density at radius 2 is 2.14 bits per heavy atom. The molecule has 11 heteroatoms. The molecular formula is C10H13BrN2O7S. The van der Waals surface area contributed by atoms with Crippen LogP contribution in [-0.4, -0.2) is 56.9 Å². The molecule has 1 aliphatic heterocycles. The van der Waals surface area contributed by atoms with Crippen LogP contribution in [0.2, 0.25) is 0 Å². The summed E-state index contributed by atoms with van der Waals surface area (Å²) in [6, 6.07) is 1.05. The summed E-state index contributed by atoms with van der Waals surface area (Å²) in [5, 5.41) is 19.7. The Labute approximate surface area is 127 Å². The van der Waals surface area contributed by atoms with E-state index in [0.717, 1.165) is 23.1 Å². The molecule has 21 heavy (non-hydrogen) atoms. The van der Waals surface area contributed by atoms with Crippen molar-refractivity contribution in [3.05, 3.63) is 33.1 Å². The number of sulfone groups is 1. The molecule has 9 nitrogen and oxygen atoms in total. The molecule has 0 aromatic carbocycles. The van der Waals surface area contributed by atoms with Crippen LogP contribution in [-0.2, 0) is 14.6 Å². The van der Waals surface area contributed by atoms with Gasteiger partial charge in [-0.3, -0.25) is 14.3 Å². The van der Waals surface area contributed by atoms with Crippen LogP contribution >= 0.6 is 15.9 Å². The topological polar surface area (TPSA) is 139 Å². The highest BCUT2D eigenvalue weighted by atomic mass is 79.9. The predicted octanol–water partition coefficient (Wildman–Crippen LogP) is -2.08. The Morgan fingerprint density at radius 1 is 1.52 bits per heavy atom. The summed E-state index contributed by atoms with van der Waals surface area (Å²) in [7, 11) is -4.04. The maximum atomic E-state index is 11.8. The van der Waals surface area contributed by atoms with Crippen LogP contribution in [0.15, 0.2) is 21.9 Å². The Morgan fingerprint density at radius 3 is 2.57 bits per heavy atom. The van der Waals surface area contributed by atoms with Gasteiger partial charge in [-0.05, 0) is 0 Å². The molecular weight excluding hydrogens is 372 g/mol. The first-order valence-corrected chi connectivity index (χ1v) is 8.57. The van der Waals surface area contributed by atoms with Crippen LogP contribution < -0.4 is 11.2 Å². The number of rotatable bonds is 3. The molecule has 4 atom stereocenters. The number of H-pyrrole nitrogens is 1. The van der Waals surface area contributed by atoms with Gasteiger partial charge in [0.05, 0.1) is 6.61 Å². The van der Waals surface area contributed by atoms with Gasteiger partial charge in [0.1, 0.15) is 10.9 Å². The fourth-order valence-corrected chi connectivity index (χ4v) is 4.99. The summed E-state index contributed by atoms with van der Waals surface area (Å²) >= 11 is 3.02. The van der Waals surface area contributed by atoms with E-state index in [1.807, 2.05) is 4.98 Å². The number of nitrogens with zero attached hydrogens (tertiary/aromatic N) is 1. The quantitative estimate of drug-likeness (QED) is 0.508. The number of alkyl halides is 1. The molecule has 2 heterocycles. The van der Waals surface area contributed by atoms with Crippen LogP contribution in [0.3, 0.4) is 0 Å². The lowest BCUT2D eigenvalue weighted by molar-refractivity contribution is -0.0556. The standard InChI is InChI=1S/C10H13BrN2O7S/c1-21(18,19)10(17)5(4-14)20-8(7(10)11)13-3-2-6(15)12-9(13)16/h2-3,5,7-8,14,17H,4H2,1H3,(H,12,15,16)/t5-,7?,8-,10+/m1/s1. The number of hydrogen-bond donors (Lipinski definition) is 3. The van der Waals surface area contributed by atoms with E-state index in [1.54, 1.807) is 0 Å². The lowest BCUT2D eigenvalue weighted by atomic mass is 10.2. The highest BCUT2D eigenvalue weighted by Gasteiger charge is 2.61. The second-order valence-electron chi connectivity index (χ2n) is 4.64. The minimum absolute atomic E-state index is 0.627. The molecule has 3 N–H and O–H groups in total. The van der Waals surface area contributed by atoms with Crippen molar-refractivity contribution in [2.75, 3.05) is 12.9 Å². The summed E-state index contributed by atoms with van der Waals surface area (Å²) < 4.78 is 29.9. The molecule has 1 fully saturated rings. The van der Waals surface area contributed by atoms with Gasteiger partial charge in [0.2, 0.25) is 4.93 Å². The number of aromatic nitrogens is 2. The van der Waals surface area contributed by atoms with E-state index in [4.69, 9.17) is 4.74 Å². The normalized spacial score (nSPS) is 33.2. The van der Waals surface area contributed by atoms with Gasteiger partial charge in [0.15, 0.2) is 16.1 Å².